The standard InChI is InChI=1S/C14H22N2O3/c1-17-10-5-4-9(6-10)16-12-8-14(19-3)13(18-2)7-11(12)15/h7-10,16H,4-6,15H2,1-3H3. The first-order valence-corrected chi connectivity index (χ1v) is 6.48. The summed E-state index contributed by atoms with van der Waals surface area (Å²) in [4.78, 5) is 0. The van der Waals surface area contributed by atoms with Crippen molar-refractivity contribution in [2.24, 2.45) is 0 Å². The van der Waals surface area contributed by atoms with Crippen LogP contribution >= 0.6 is 0 Å². The molecule has 0 saturated heterocycles. The molecule has 1 saturated carbocycles. The molecule has 0 heterocycles. The minimum atomic E-state index is 0.346. The topological polar surface area (TPSA) is 65.7 Å². The van der Waals surface area contributed by atoms with E-state index in [1.807, 2.05) is 6.07 Å². The number of benzene rings is 1. The van der Waals surface area contributed by atoms with Crippen molar-refractivity contribution in [1.82, 2.24) is 0 Å². The second-order valence-corrected chi connectivity index (χ2v) is 4.81. The van der Waals surface area contributed by atoms with Gasteiger partial charge >= 0.3 is 0 Å². The van der Waals surface area contributed by atoms with Crippen LogP contribution in [0.4, 0.5) is 11.4 Å². The summed E-state index contributed by atoms with van der Waals surface area (Å²) in [6, 6.07) is 4.06. The fourth-order valence-corrected chi connectivity index (χ4v) is 2.52. The third kappa shape index (κ3) is 3.04. The van der Waals surface area contributed by atoms with Gasteiger partial charge in [0.1, 0.15) is 0 Å². The molecule has 5 heteroatoms. The number of nitrogens with two attached hydrogens (primary N) is 1. The molecule has 0 radical (unpaired) electrons. The minimum absolute atomic E-state index is 0.346. The molecule has 1 aliphatic rings. The van der Waals surface area contributed by atoms with E-state index < -0.39 is 0 Å². The van der Waals surface area contributed by atoms with E-state index in [-0.39, 0.29) is 0 Å². The van der Waals surface area contributed by atoms with Crippen LogP contribution in [0.15, 0.2) is 12.1 Å². The Labute approximate surface area is 114 Å². The number of ether oxygens (including phenoxy) is 3. The second kappa shape index (κ2) is 6.02. The van der Waals surface area contributed by atoms with Crippen molar-refractivity contribution in [3.05, 3.63) is 12.1 Å². The number of nitrogens with one attached hydrogen (secondary N) is 1. The zero-order chi connectivity index (χ0) is 13.8. The molecule has 2 atom stereocenters. The Morgan fingerprint density at radius 2 is 1.79 bits per heavy atom. The van der Waals surface area contributed by atoms with Crippen LogP contribution in [0.25, 0.3) is 0 Å². The number of nitrogen functional groups attached to an aromatic ring is 1. The molecule has 0 aromatic heterocycles. The van der Waals surface area contributed by atoms with Crippen LogP contribution in [-0.4, -0.2) is 33.5 Å². The predicted octanol–water partition coefficient (Wildman–Crippen LogP) is 2.27. The van der Waals surface area contributed by atoms with Crippen molar-refractivity contribution in [1.29, 1.82) is 0 Å². The first-order chi connectivity index (χ1) is 9.17. The van der Waals surface area contributed by atoms with Crippen molar-refractivity contribution in [2.75, 3.05) is 32.4 Å². The number of rotatable bonds is 5. The number of hydrogen-bond acceptors (Lipinski definition) is 5. The lowest BCUT2D eigenvalue weighted by Gasteiger charge is -2.18. The maximum atomic E-state index is 6.04. The fourth-order valence-electron chi connectivity index (χ4n) is 2.52. The van der Waals surface area contributed by atoms with Gasteiger partial charge in [-0.1, -0.05) is 0 Å². The van der Waals surface area contributed by atoms with E-state index in [0.717, 1.165) is 24.9 Å². The number of hydrogen-bond donors (Lipinski definition) is 2. The summed E-state index contributed by atoms with van der Waals surface area (Å²) in [7, 11) is 4.98. The number of anilines is 2. The van der Waals surface area contributed by atoms with Crippen LogP contribution in [0.2, 0.25) is 0 Å². The molecule has 5 nitrogen and oxygen atoms in total. The molecule has 1 aliphatic carbocycles. The Morgan fingerprint density at radius 3 is 2.37 bits per heavy atom. The molecule has 1 fully saturated rings. The van der Waals surface area contributed by atoms with E-state index in [1.165, 1.54) is 0 Å². The molecule has 1 aromatic rings. The molecule has 19 heavy (non-hydrogen) atoms. The summed E-state index contributed by atoms with van der Waals surface area (Å²) >= 11 is 0. The Hall–Kier alpha value is -1.62. The van der Waals surface area contributed by atoms with Gasteiger partial charge in [0, 0.05) is 25.3 Å². The average Bonchev–Trinajstić information content (AvgIpc) is 2.88. The van der Waals surface area contributed by atoms with Crippen molar-refractivity contribution in [2.45, 2.75) is 31.4 Å². The van der Waals surface area contributed by atoms with Gasteiger partial charge in [-0.15, -0.1) is 0 Å². The van der Waals surface area contributed by atoms with Crippen molar-refractivity contribution in [3.8, 4) is 11.5 Å². The summed E-state index contributed by atoms with van der Waals surface area (Å²) in [6.45, 7) is 0. The Balaban J connectivity index is 2.12. The third-order valence-electron chi connectivity index (χ3n) is 3.63. The monoisotopic (exact) mass is 266 g/mol. The molecular weight excluding hydrogens is 244 g/mol. The molecule has 3 N–H and O–H groups in total. The van der Waals surface area contributed by atoms with Crippen molar-refractivity contribution >= 4 is 11.4 Å². The first kappa shape index (κ1) is 13.8. The molecule has 2 rings (SSSR count). The van der Waals surface area contributed by atoms with Crippen LogP contribution < -0.4 is 20.5 Å². The van der Waals surface area contributed by atoms with Gasteiger partial charge in [-0.2, -0.15) is 0 Å². The zero-order valence-corrected chi connectivity index (χ0v) is 11.7. The largest absolute Gasteiger partial charge is 0.493 e. The van der Waals surface area contributed by atoms with Gasteiger partial charge in [0.2, 0.25) is 0 Å². The Kier molecular flexibility index (Phi) is 4.37. The van der Waals surface area contributed by atoms with Gasteiger partial charge < -0.3 is 25.3 Å². The van der Waals surface area contributed by atoms with E-state index in [4.69, 9.17) is 19.9 Å². The Bertz CT molecular complexity index is 437. The highest BCUT2D eigenvalue weighted by Gasteiger charge is 2.25. The van der Waals surface area contributed by atoms with Gasteiger partial charge in [-0.05, 0) is 19.3 Å². The van der Waals surface area contributed by atoms with Gasteiger partial charge in [-0.3, -0.25) is 0 Å². The summed E-state index contributed by atoms with van der Waals surface area (Å²) in [5.74, 6) is 1.33. The van der Waals surface area contributed by atoms with E-state index in [2.05, 4.69) is 5.32 Å². The van der Waals surface area contributed by atoms with Crippen LogP contribution in [0.1, 0.15) is 19.3 Å². The molecule has 0 aliphatic heterocycles. The lowest BCUT2D eigenvalue weighted by molar-refractivity contribution is 0.108. The molecule has 1 aromatic carbocycles. The fraction of sp³-hybridized carbons (Fsp3) is 0.571. The highest BCUT2D eigenvalue weighted by atomic mass is 16.5. The van der Waals surface area contributed by atoms with Crippen LogP contribution in [-0.2, 0) is 4.74 Å². The second-order valence-electron chi connectivity index (χ2n) is 4.81. The Morgan fingerprint density at radius 1 is 1.11 bits per heavy atom. The summed E-state index contributed by atoms with van der Waals surface area (Å²) in [5.41, 5.74) is 7.59. The quantitative estimate of drug-likeness (QED) is 0.800. The first-order valence-electron chi connectivity index (χ1n) is 6.48. The molecular formula is C14H22N2O3. The van der Waals surface area contributed by atoms with E-state index in [1.54, 1.807) is 27.4 Å². The molecule has 0 spiro atoms. The van der Waals surface area contributed by atoms with Gasteiger partial charge in [0.05, 0.1) is 31.7 Å². The lowest BCUT2D eigenvalue weighted by atomic mass is 10.2. The third-order valence-corrected chi connectivity index (χ3v) is 3.63. The molecule has 0 bridgehead atoms. The van der Waals surface area contributed by atoms with Crippen molar-refractivity contribution in [3.63, 3.8) is 0 Å². The predicted molar refractivity (Wildman–Crippen MR) is 76.0 cm³/mol. The summed E-state index contributed by atoms with van der Waals surface area (Å²) in [6.07, 6.45) is 3.52. The maximum Gasteiger partial charge on any atom is 0.162 e. The van der Waals surface area contributed by atoms with Gasteiger partial charge in [0.25, 0.3) is 0 Å². The van der Waals surface area contributed by atoms with E-state index >= 15 is 0 Å². The highest BCUT2D eigenvalue weighted by molar-refractivity contribution is 5.72. The maximum absolute atomic E-state index is 6.04. The van der Waals surface area contributed by atoms with Crippen LogP contribution in [0.5, 0.6) is 11.5 Å². The minimum Gasteiger partial charge on any atom is -0.493 e. The zero-order valence-electron chi connectivity index (χ0n) is 11.7. The van der Waals surface area contributed by atoms with Crippen LogP contribution in [0.3, 0.4) is 0 Å². The summed E-state index contributed by atoms with van der Waals surface area (Å²) < 4.78 is 15.9. The van der Waals surface area contributed by atoms with Gasteiger partial charge in [-0.25, -0.2) is 0 Å². The smallest absolute Gasteiger partial charge is 0.162 e. The van der Waals surface area contributed by atoms with E-state index in [9.17, 15) is 0 Å². The lowest BCUT2D eigenvalue weighted by Crippen LogP contribution is -2.18. The van der Waals surface area contributed by atoms with Crippen LogP contribution in [0, 0.1) is 0 Å². The molecule has 106 valence electrons. The van der Waals surface area contributed by atoms with E-state index in [0.29, 0.717) is 29.3 Å². The highest BCUT2D eigenvalue weighted by Crippen LogP contribution is 2.36. The van der Waals surface area contributed by atoms with Crippen molar-refractivity contribution < 1.29 is 14.2 Å². The molecule has 0 amide bonds. The van der Waals surface area contributed by atoms with Gasteiger partial charge in [0.15, 0.2) is 11.5 Å². The molecule has 2 unspecified atom stereocenters. The summed E-state index contributed by atoms with van der Waals surface area (Å²) in [5, 5.41) is 3.46. The average molecular weight is 266 g/mol. The SMILES string of the molecule is COc1cc(N)c(NC2CCC(OC)C2)cc1OC. The normalized spacial score (nSPS) is 22.3. The number of methoxy groups -OCH3 is 3.